The van der Waals surface area contributed by atoms with Gasteiger partial charge in [-0.05, 0) is 30.2 Å². The van der Waals surface area contributed by atoms with Crippen molar-refractivity contribution in [1.29, 1.82) is 0 Å². The van der Waals surface area contributed by atoms with E-state index in [1.807, 2.05) is 13.0 Å². The smallest absolute Gasteiger partial charge is 0.150 e. The molecule has 72 valence electrons. The quantitative estimate of drug-likeness (QED) is 0.533. The molecule has 0 unspecified atom stereocenters. The zero-order valence-electron chi connectivity index (χ0n) is 7.95. The molecule has 0 radical (unpaired) electrons. The van der Waals surface area contributed by atoms with Gasteiger partial charge in [0.05, 0.1) is 0 Å². The highest BCUT2D eigenvalue weighted by atomic mass is 16.2. The maximum absolute atomic E-state index is 10.3. The van der Waals surface area contributed by atoms with Crippen molar-refractivity contribution in [3.05, 3.63) is 29.3 Å². The topological polar surface area (TPSA) is 63.3 Å². The lowest BCUT2D eigenvalue weighted by molar-refractivity contribution is 0.112. The first-order chi connectivity index (χ1) is 6.27. The Balaban J connectivity index is 0.000000671. The van der Waals surface area contributed by atoms with Gasteiger partial charge in [0.15, 0.2) is 0 Å². The Bertz CT molecular complexity index is 272. The molecule has 0 fully saturated rings. The largest absolute Gasteiger partial charge is 0.400 e. The van der Waals surface area contributed by atoms with Gasteiger partial charge in [0.25, 0.3) is 0 Å². The number of nitrogen functional groups attached to an aromatic ring is 1. The molecule has 0 saturated carbocycles. The van der Waals surface area contributed by atoms with Gasteiger partial charge in [0.1, 0.15) is 6.29 Å². The van der Waals surface area contributed by atoms with E-state index in [1.165, 1.54) is 0 Å². The minimum atomic E-state index is 0.691. The van der Waals surface area contributed by atoms with E-state index in [-0.39, 0.29) is 0 Å². The number of hydrogen-bond donors (Lipinski definition) is 2. The molecule has 1 rings (SSSR count). The number of aliphatic hydroxyl groups is 1. The van der Waals surface area contributed by atoms with E-state index in [4.69, 9.17) is 10.8 Å². The molecule has 0 bridgehead atoms. The number of hydrogen-bond acceptors (Lipinski definition) is 3. The second-order valence-corrected chi connectivity index (χ2v) is 2.43. The standard InChI is InChI=1S/C9H11NO.CH4O/c1-2-8-5-7(6-11)3-4-9(8)10;1-2/h3-6H,2,10H2,1H3;2H,1H3. The van der Waals surface area contributed by atoms with Gasteiger partial charge in [-0.25, -0.2) is 0 Å². The van der Waals surface area contributed by atoms with Crippen LogP contribution < -0.4 is 5.73 Å². The molecule has 1 aromatic carbocycles. The van der Waals surface area contributed by atoms with Crippen LogP contribution in [0.4, 0.5) is 5.69 Å². The summed E-state index contributed by atoms with van der Waals surface area (Å²) in [5, 5.41) is 7.00. The molecule has 0 aliphatic carbocycles. The summed E-state index contributed by atoms with van der Waals surface area (Å²) in [6.45, 7) is 2.01. The van der Waals surface area contributed by atoms with E-state index in [2.05, 4.69) is 0 Å². The summed E-state index contributed by atoms with van der Waals surface area (Å²) < 4.78 is 0. The first-order valence-electron chi connectivity index (χ1n) is 4.06. The summed E-state index contributed by atoms with van der Waals surface area (Å²) in [6.07, 6.45) is 1.70. The molecule has 1 aromatic rings. The highest BCUT2D eigenvalue weighted by Crippen LogP contribution is 2.13. The number of aryl methyl sites for hydroxylation is 1. The van der Waals surface area contributed by atoms with E-state index < -0.39 is 0 Å². The Morgan fingerprint density at radius 1 is 1.46 bits per heavy atom. The Labute approximate surface area is 78.2 Å². The van der Waals surface area contributed by atoms with Crippen LogP contribution in [0.25, 0.3) is 0 Å². The maximum Gasteiger partial charge on any atom is 0.150 e. The number of carbonyl (C=O) groups is 1. The molecular formula is C10H15NO2. The Morgan fingerprint density at radius 2 is 2.08 bits per heavy atom. The molecule has 0 aliphatic rings. The first kappa shape index (κ1) is 11.6. The molecule has 0 aliphatic heterocycles. The summed E-state index contributed by atoms with van der Waals surface area (Å²) in [5.74, 6) is 0. The average molecular weight is 181 g/mol. The van der Waals surface area contributed by atoms with Gasteiger partial charge in [-0.3, -0.25) is 4.79 Å². The molecule has 3 N–H and O–H groups in total. The molecule has 0 atom stereocenters. The minimum Gasteiger partial charge on any atom is -0.400 e. The number of nitrogens with two attached hydrogens (primary N) is 1. The van der Waals surface area contributed by atoms with Crippen molar-refractivity contribution in [3.8, 4) is 0 Å². The number of aldehydes is 1. The van der Waals surface area contributed by atoms with Crippen LogP contribution in [0, 0.1) is 0 Å². The minimum absolute atomic E-state index is 0.691. The lowest BCUT2D eigenvalue weighted by Gasteiger charge is -2.01. The third kappa shape index (κ3) is 3.25. The van der Waals surface area contributed by atoms with Crippen LogP contribution in [0.1, 0.15) is 22.8 Å². The number of benzene rings is 1. The van der Waals surface area contributed by atoms with Crippen LogP contribution in [0.15, 0.2) is 18.2 Å². The molecule has 0 aromatic heterocycles. The fourth-order valence-corrected chi connectivity index (χ4v) is 1.01. The van der Waals surface area contributed by atoms with Gasteiger partial charge in [0.2, 0.25) is 0 Å². The number of carbonyl (C=O) groups excluding carboxylic acids is 1. The third-order valence-electron chi connectivity index (χ3n) is 1.68. The normalized spacial score (nSPS) is 8.54. The van der Waals surface area contributed by atoms with Crippen LogP contribution >= 0.6 is 0 Å². The fraction of sp³-hybridized carbons (Fsp3) is 0.300. The predicted molar refractivity (Wildman–Crippen MR) is 53.8 cm³/mol. The second-order valence-electron chi connectivity index (χ2n) is 2.43. The Hall–Kier alpha value is -1.35. The summed E-state index contributed by atoms with van der Waals surface area (Å²) in [4.78, 5) is 10.3. The van der Waals surface area contributed by atoms with Crippen LogP contribution in [-0.4, -0.2) is 18.5 Å². The van der Waals surface area contributed by atoms with Crippen molar-refractivity contribution in [3.63, 3.8) is 0 Å². The van der Waals surface area contributed by atoms with Crippen molar-refractivity contribution in [2.24, 2.45) is 0 Å². The number of aliphatic hydroxyl groups excluding tert-OH is 1. The van der Waals surface area contributed by atoms with Crippen molar-refractivity contribution in [1.82, 2.24) is 0 Å². The molecule has 3 nitrogen and oxygen atoms in total. The van der Waals surface area contributed by atoms with Crippen LogP contribution in [0.5, 0.6) is 0 Å². The fourth-order valence-electron chi connectivity index (χ4n) is 1.01. The van der Waals surface area contributed by atoms with Crippen LogP contribution in [0.3, 0.4) is 0 Å². The zero-order chi connectivity index (χ0) is 10.3. The molecule has 0 heterocycles. The van der Waals surface area contributed by atoms with E-state index in [9.17, 15) is 4.79 Å². The van der Waals surface area contributed by atoms with Gasteiger partial charge in [0, 0.05) is 18.4 Å². The zero-order valence-corrected chi connectivity index (χ0v) is 7.95. The van der Waals surface area contributed by atoms with E-state index in [0.29, 0.717) is 5.56 Å². The molecule has 0 amide bonds. The van der Waals surface area contributed by atoms with Gasteiger partial charge in [-0.1, -0.05) is 6.92 Å². The second kappa shape index (κ2) is 6.20. The van der Waals surface area contributed by atoms with Gasteiger partial charge < -0.3 is 10.8 Å². The number of rotatable bonds is 2. The molecule has 3 heteroatoms. The monoisotopic (exact) mass is 181 g/mol. The van der Waals surface area contributed by atoms with Crippen molar-refractivity contribution < 1.29 is 9.90 Å². The van der Waals surface area contributed by atoms with Crippen molar-refractivity contribution >= 4 is 12.0 Å². The number of anilines is 1. The Morgan fingerprint density at radius 3 is 2.54 bits per heavy atom. The van der Waals surface area contributed by atoms with Gasteiger partial charge >= 0.3 is 0 Å². The summed E-state index contributed by atoms with van der Waals surface area (Å²) >= 11 is 0. The Kier molecular flexibility index (Phi) is 5.55. The third-order valence-corrected chi connectivity index (χ3v) is 1.68. The average Bonchev–Trinajstić information content (AvgIpc) is 2.22. The summed E-state index contributed by atoms with van der Waals surface area (Å²) in [7, 11) is 1.00. The van der Waals surface area contributed by atoms with Crippen LogP contribution in [0.2, 0.25) is 0 Å². The highest BCUT2D eigenvalue weighted by Gasteiger charge is 1.96. The van der Waals surface area contributed by atoms with Crippen molar-refractivity contribution in [2.45, 2.75) is 13.3 Å². The summed E-state index contributed by atoms with van der Waals surface area (Å²) in [5.41, 5.74) is 8.13. The predicted octanol–water partition coefficient (Wildman–Crippen LogP) is 1.25. The first-order valence-corrected chi connectivity index (χ1v) is 4.06. The molecular weight excluding hydrogens is 166 g/mol. The van der Waals surface area contributed by atoms with E-state index in [0.717, 1.165) is 31.1 Å². The molecule has 0 spiro atoms. The maximum atomic E-state index is 10.3. The van der Waals surface area contributed by atoms with E-state index in [1.54, 1.807) is 12.1 Å². The molecule has 0 saturated heterocycles. The lowest BCUT2D eigenvalue weighted by atomic mass is 10.1. The summed E-state index contributed by atoms with van der Waals surface area (Å²) in [6, 6.07) is 5.31. The van der Waals surface area contributed by atoms with Gasteiger partial charge in [-0.15, -0.1) is 0 Å². The van der Waals surface area contributed by atoms with Crippen molar-refractivity contribution in [2.75, 3.05) is 12.8 Å². The van der Waals surface area contributed by atoms with E-state index >= 15 is 0 Å². The van der Waals surface area contributed by atoms with Crippen LogP contribution in [-0.2, 0) is 6.42 Å². The van der Waals surface area contributed by atoms with Gasteiger partial charge in [-0.2, -0.15) is 0 Å². The highest BCUT2D eigenvalue weighted by molar-refractivity contribution is 5.76. The lowest BCUT2D eigenvalue weighted by Crippen LogP contribution is -1.93. The molecule has 13 heavy (non-hydrogen) atoms. The SMILES string of the molecule is CCc1cc(C=O)ccc1N.CO.